The highest BCUT2D eigenvalue weighted by molar-refractivity contribution is 8.76. The van der Waals surface area contributed by atoms with Crippen LogP contribution in [0.4, 0.5) is 11.4 Å². The number of nitrogen functional groups attached to an aromatic ring is 2. The van der Waals surface area contributed by atoms with Crippen LogP contribution in [0, 0.1) is 21.3 Å². The van der Waals surface area contributed by atoms with E-state index in [0.717, 1.165) is 43.1 Å². The van der Waals surface area contributed by atoms with Gasteiger partial charge in [-0.05, 0) is 59.9 Å². The van der Waals surface area contributed by atoms with Gasteiger partial charge in [0.1, 0.15) is 10.8 Å². The van der Waals surface area contributed by atoms with Crippen molar-refractivity contribution >= 4 is 56.5 Å². The normalized spacial score (nSPS) is 9.91. The van der Waals surface area contributed by atoms with E-state index in [-0.39, 0.29) is 0 Å². The Bertz CT molecular complexity index is 699. The molecule has 8 heteroatoms. The Balaban J connectivity index is 2.16. The fourth-order valence-electron chi connectivity index (χ4n) is 1.50. The quantitative estimate of drug-likeness (QED) is 0.339. The van der Waals surface area contributed by atoms with Crippen molar-refractivity contribution in [3.8, 4) is 10.8 Å². The Hall–Kier alpha value is -1.58. The van der Waals surface area contributed by atoms with E-state index in [1.54, 1.807) is 12.1 Å². The maximum absolute atomic E-state index is 8.73. The summed E-state index contributed by atoms with van der Waals surface area (Å²) >= 11 is 2.19. The van der Waals surface area contributed by atoms with Gasteiger partial charge in [0, 0.05) is 31.0 Å². The first-order valence-corrected chi connectivity index (χ1v) is 9.67. The highest BCUT2D eigenvalue weighted by Gasteiger charge is 2.07. The van der Waals surface area contributed by atoms with Crippen LogP contribution in [0.2, 0.25) is 0 Å². The molecular formula is C14H10N4S4. The second kappa shape index (κ2) is 8.16. The summed E-state index contributed by atoms with van der Waals surface area (Å²) in [6.07, 6.45) is 0. The Morgan fingerprint density at radius 3 is 1.50 bits per heavy atom. The molecule has 2 aromatic rings. The van der Waals surface area contributed by atoms with Crippen molar-refractivity contribution in [2.75, 3.05) is 11.5 Å². The van der Waals surface area contributed by atoms with Crippen LogP contribution < -0.4 is 11.5 Å². The van der Waals surface area contributed by atoms with E-state index in [2.05, 4.69) is 0 Å². The smallest absolute Gasteiger partial charge is 0.138 e. The van der Waals surface area contributed by atoms with E-state index in [1.807, 2.05) is 35.1 Å². The predicted octanol–water partition coefficient (Wildman–Crippen LogP) is 4.80. The van der Waals surface area contributed by atoms with E-state index in [0.29, 0.717) is 11.4 Å². The zero-order valence-corrected chi connectivity index (χ0v) is 14.4. The van der Waals surface area contributed by atoms with Gasteiger partial charge in [-0.3, -0.25) is 0 Å². The van der Waals surface area contributed by atoms with Gasteiger partial charge in [-0.15, -0.1) is 0 Å². The molecule has 4 nitrogen and oxygen atoms in total. The number of anilines is 2. The van der Waals surface area contributed by atoms with E-state index >= 15 is 0 Å². The summed E-state index contributed by atoms with van der Waals surface area (Å²) in [6, 6.07) is 11.0. The first-order valence-electron chi connectivity index (χ1n) is 5.89. The van der Waals surface area contributed by atoms with Gasteiger partial charge in [0.25, 0.3) is 0 Å². The maximum Gasteiger partial charge on any atom is 0.138 e. The van der Waals surface area contributed by atoms with Crippen molar-refractivity contribution in [1.29, 1.82) is 10.5 Å². The Morgan fingerprint density at radius 2 is 1.14 bits per heavy atom. The molecule has 0 heterocycles. The van der Waals surface area contributed by atoms with Crippen LogP contribution in [0.15, 0.2) is 56.0 Å². The summed E-state index contributed by atoms with van der Waals surface area (Å²) < 4.78 is 0. The van der Waals surface area contributed by atoms with E-state index in [4.69, 9.17) is 22.0 Å². The lowest BCUT2D eigenvalue weighted by Crippen LogP contribution is -1.89. The van der Waals surface area contributed by atoms with Crippen LogP contribution in [0.5, 0.6) is 0 Å². The number of nitrogens with two attached hydrogens (primary N) is 2. The summed E-state index contributed by atoms with van der Waals surface area (Å²) in [7, 11) is 2.96. The largest absolute Gasteiger partial charge is 0.398 e. The molecule has 0 aromatic heterocycles. The lowest BCUT2D eigenvalue weighted by atomic mass is 10.3. The summed E-state index contributed by atoms with van der Waals surface area (Å²) in [5, 5.41) is 21.5. The van der Waals surface area contributed by atoms with E-state index < -0.39 is 0 Å². The van der Waals surface area contributed by atoms with Crippen LogP contribution in [-0.4, -0.2) is 0 Å². The second-order valence-corrected chi connectivity index (χ2v) is 7.88. The van der Waals surface area contributed by atoms with Crippen molar-refractivity contribution in [1.82, 2.24) is 0 Å². The minimum absolute atomic E-state index is 0.654. The van der Waals surface area contributed by atoms with Gasteiger partial charge in [-0.2, -0.15) is 10.5 Å². The first kappa shape index (κ1) is 16.8. The van der Waals surface area contributed by atoms with Gasteiger partial charge in [-0.1, -0.05) is 21.6 Å². The van der Waals surface area contributed by atoms with Gasteiger partial charge >= 0.3 is 0 Å². The van der Waals surface area contributed by atoms with Gasteiger partial charge < -0.3 is 11.5 Å². The molecule has 0 saturated carbocycles. The zero-order valence-electron chi connectivity index (χ0n) is 11.1. The number of benzene rings is 2. The molecule has 0 radical (unpaired) electrons. The molecule has 0 atom stereocenters. The SMILES string of the molecule is N#CSc1ccc(N)c(SSc2cc(SC#N)ccc2N)c1. The molecule has 2 rings (SSSR count). The monoisotopic (exact) mass is 362 g/mol. The molecule has 0 spiro atoms. The van der Waals surface area contributed by atoms with Crippen LogP contribution in [-0.2, 0) is 0 Å². The van der Waals surface area contributed by atoms with Crippen LogP contribution in [0.1, 0.15) is 0 Å². The van der Waals surface area contributed by atoms with Crippen molar-refractivity contribution in [2.45, 2.75) is 19.6 Å². The second-order valence-electron chi connectivity index (χ2n) is 3.95. The first-order chi connectivity index (χ1) is 10.6. The van der Waals surface area contributed by atoms with E-state index in [9.17, 15) is 0 Å². The number of hydrogen-bond acceptors (Lipinski definition) is 8. The van der Waals surface area contributed by atoms with Gasteiger partial charge in [0.15, 0.2) is 0 Å². The van der Waals surface area contributed by atoms with Crippen molar-refractivity contribution in [3.05, 3.63) is 36.4 Å². The van der Waals surface area contributed by atoms with Crippen molar-refractivity contribution in [2.24, 2.45) is 0 Å². The van der Waals surface area contributed by atoms with Gasteiger partial charge in [-0.25, -0.2) is 0 Å². The molecule has 0 saturated heterocycles. The van der Waals surface area contributed by atoms with Crippen LogP contribution >= 0.6 is 45.1 Å². The molecule has 0 amide bonds. The minimum atomic E-state index is 0.654. The molecule has 2 aromatic carbocycles. The fourth-order valence-corrected chi connectivity index (χ4v) is 4.74. The number of thioether (sulfide) groups is 2. The Morgan fingerprint density at radius 1 is 0.727 bits per heavy atom. The zero-order chi connectivity index (χ0) is 15.9. The van der Waals surface area contributed by atoms with Gasteiger partial charge in [0.2, 0.25) is 0 Å². The number of hydrogen-bond donors (Lipinski definition) is 2. The molecule has 0 aliphatic heterocycles. The predicted molar refractivity (Wildman–Crippen MR) is 96.4 cm³/mol. The molecular weight excluding hydrogens is 352 g/mol. The Labute approximate surface area is 145 Å². The minimum Gasteiger partial charge on any atom is -0.398 e. The van der Waals surface area contributed by atoms with Crippen LogP contribution in [0.25, 0.3) is 0 Å². The average Bonchev–Trinajstić information content (AvgIpc) is 2.51. The number of rotatable bonds is 5. The average molecular weight is 363 g/mol. The summed E-state index contributed by atoms with van der Waals surface area (Å²) in [5.41, 5.74) is 13.2. The molecule has 0 fully saturated rings. The highest BCUT2D eigenvalue weighted by atomic mass is 33.1. The highest BCUT2D eigenvalue weighted by Crippen LogP contribution is 2.44. The third kappa shape index (κ3) is 4.46. The maximum atomic E-state index is 8.73. The molecule has 0 bridgehead atoms. The summed E-state index contributed by atoms with van der Waals surface area (Å²) in [6.45, 7) is 0. The summed E-state index contributed by atoms with van der Waals surface area (Å²) in [4.78, 5) is 3.45. The molecule has 110 valence electrons. The van der Waals surface area contributed by atoms with E-state index in [1.165, 1.54) is 21.6 Å². The number of nitrogens with zero attached hydrogens (tertiary/aromatic N) is 2. The standard InChI is InChI=1S/C14H10N4S4/c15-7-19-9-1-3-11(17)13(5-9)21-22-14-6-10(20-8-16)2-4-12(14)18/h1-6H,17-18H2. The fraction of sp³-hybridized carbons (Fsp3) is 0. The lowest BCUT2D eigenvalue weighted by molar-refractivity contribution is 1.34. The number of thiocyanates is 2. The number of nitriles is 2. The Kier molecular flexibility index (Phi) is 6.22. The molecule has 0 aliphatic carbocycles. The summed E-state index contributed by atoms with van der Waals surface area (Å²) in [5.74, 6) is 0. The third-order valence-corrected chi connectivity index (χ3v) is 6.16. The van der Waals surface area contributed by atoms with Gasteiger partial charge in [0.05, 0.1) is 0 Å². The molecule has 22 heavy (non-hydrogen) atoms. The molecule has 0 aliphatic rings. The van der Waals surface area contributed by atoms with Crippen LogP contribution in [0.3, 0.4) is 0 Å². The third-order valence-electron chi connectivity index (χ3n) is 2.52. The van der Waals surface area contributed by atoms with Crippen molar-refractivity contribution in [3.63, 3.8) is 0 Å². The molecule has 4 N–H and O–H groups in total. The topological polar surface area (TPSA) is 99.6 Å². The molecule has 0 unspecified atom stereocenters. The van der Waals surface area contributed by atoms with Crippen molar-refractivity contribution < 1.29 is 0 Å². The lowest BCUT2D eigenvalue weighted by Gasteiger charge is -2.08.